The van der Waals surface area contributed by atoms with Gasteiger partial charge in [-0.25, -0.2) is 4.79 Å². The quantitative estimate of drug-likeness (QED) is 0.739. The van der Waals surface area contributed by atoms with E-state index in [9.17, 15) is 4.79 Å². The van der Waals surface area contributed by atoms with E-state index < -0.39 is 5.60 Å². The molecule has 106 valence electrons. The van der Waals surface area contributed by atoms with Crippen molar-refractivity contribution in [1.82, 2.24) is 4.90 Å². The molecule has 0 aromatic carbocycles. The monoisotopic (exact) mass is 259 g/mol. The number of nitrogens with zero attached hydrogens (tertiary/aromatic N) is 1. The van der Waals surface area contributed by atoms with E-state index >= 15 is 0 Å². The van der Waals surface area contributed by atoms with Gasteiger partial charge in [-0.15, -0.1) is 0 Å². The van der Waals surface area contributed by atoms with Crippen LogP contribution in [-0.2, 0) is 9.47 Å². The zero-order valence-electron chi connectivity index (χ0n) is 11.6. The van der Waals surface area contributed by atoms with Crippen LogP contribution in [0.25, 0.3) is 0 Å². The van der Waals surface area contributed by atoms with Crippen molar-refractivity contribution in [2.24, 2.45) is 0 Å². The Morgan fingerprint density at radius 2 is 2.00 bits per heavy atom. The van der Waals surface area contributed by atoms with Crippen molar-refractivity contribution in [2.45, 2.75) is 51.7 Å². The number of rotatable bonds is 6. The molecular weight excluding hydrogens is 234 g/mol. The van der Waals surface area contributed by atoms with E-state index in [0.29, 0.717) is 19.8 Å². The maximum absolute atomic E-state index is 12.1. The molecule has 1 fully saturated rings. The largest absolute Gasteiger partial charge is 0.444 e. The van der Waals surface area contributed by atoms with Crippen LogP contribution < -0.4 is 0 Å². The van der Waals surface area contributed by atoms with Gasteiger partial charge in [0.15, 0.2) is 0 Å². The molecule has 0 atom stereocenters. The van der Waals surface area contributed by atoms with Crippen molar-refractivity contribution in [1.29, 1.82) is 0 Å². The fraction of sp³-hybridized carbons (Fsp3) is 0.923. The molecule has 0 aliphatic heterocycles. The predicted octanol–water partition coefficient (Wildman–Crippen LogP) is 1.78. The number of aliphatic hydroxyl groups excluding tert-OH is 1. The first-order chi connectivity index (χ1) is 8.44. The maximum Gasteiger partial charge on any atom is 0.410 e. The molecule has 1 aliphatic carbocycles. The van der Waals surface area contributed by atoms with Crippen LogP contribution in [0, 0.1) is 0 Å². The van der Waals surface area contributed by atoms with Crippen LogP contribution in [0.4, 0.5) is 4.79 Å². The molecule has 1 N–H and O–H groups in total. The molecule has 5 nitrogen and oxygen atoms in total. The van der Waals surface area contributed by atoms with Gasteiger partial charge in [-0.1, -0.05) is 0 Å². The van der Waals surface area contributed by atoms with Gasteiger partial charge in [0, 0.05) is 12.6 Å². The fourth-order valence-corrected chi connectivity index (χ4v) is 1.77. The molecule has 0 unspecified atom stereocenters. The Morgan fingerprint density at radius 1 is 1.33 bits per heavy atom. The molecule has 1 rings (SSSR count). The van der Waals surface area contributed by atoms with E-state index in [1.54, 1.807) is 4.90 Å². The van der Waals surface area contributed by atoms with Crippen molar-refractivity contribution in [3.05, 3.63) is 0 Å². The van der Waals surface area contributed by atoms with Gasteiger partial charge in [0.05, 0.1) is 19.8 Å². The lowest BCUT2D eigenvalue weighted by molar-refractivity contribution is -0.00398. The molecule has 0 saturated heterocycles. The third-order valence-corrected chi connectivity index (χ3v) is 2.86. The molecule has 1 amide bonds. The highest BCUT2D eigenvalue weighted by Crippen LogP contribution is 2.26. The molecule has 0 aromatic heterocycles. The van der Waals surface area contributed by atoms with Crippen molar-refractivity contribution in [3.63, 3.8) is 0 Å². The molecule has 0 heterocycles. The van der Waals surface area contributed by atoms with Crippen LogP contribution in [0.2, 0.25) is 0 Å². The highest BCUT2D eigenvalue weighted by molar-refractivity contribution is 5.68. The molecule has 0 aromatic rings. The standard InChI is InChI=1S/C13H25NO4/c1-13(2,3)18-12(16)14(11-5-4-6-11)7-9-17-10-8-15/h11,15H,4-10H2,1-3H3. The van der Waals surface area contributed by atoms with Gasteiger partial charge in [-0.2, -0.15) is 0 Å². The molecule has 0 radical (unpaired) electrons. The molecular formula is C13H25NO4. The second-order valence-electron chi connectivity index (χ2n) is 5.59. The van der Waals surface area contributed by atoms with Crippen molar-refractivity contribution >= 4 is 6.09 Å². The van der Waals surface area contributed by atoms with E-state index in [-0.39, 0.29) is 18.7 Å². The minimum absolute atomic E-state index is 0.00979. The van der Waals surface area contributed by atoms with Crippen LogP contribution in [0.3, 0.4) is 0 Å². The Balaban J connectivity index is 2.42. The molecule has 0 bridgehead atoms. The number of carbonyl (C=O) groups is 1. The van der Waals surface area contributed by atoms with Crippen LogP contribution in [0.5, 0.6) is 0 Å². The summed E-state index contributed by atoms with van der Waals surface area (Å²) >= 11 is 0. The topological polar surface area (TPSA) is 59.0 Å². The molecule has 18 heavy (non-hydrogen) atoms. The van der Waals surface area contributed by atoms with E-state index in [0.717, 1.165) is 12.8 Å². The Labute approximate surface area is 109 Å². The van der Waals surface area contributed by atoms with Gasteiger partial charge in [-0.3, -0.25) is 0 Å². The smallest absolute Gasteiger partial charge is 0.410 e. The summed E-state index contributed by atoms with van der Waals surface area (Å²) in [6.07, 6.45) is 2.99. The molecule has 1 aliphatic rings. The van der Waals surface area contributed by atoms with E-state index in [1.807, 2.05) is 20.8 Å². The highest BCUT2D eigenvalue weighted by Gasteiger charge is 2.31. The first kappa shape index (κ1) is 15.2. The fourth-order valence-electron chi connectivity index (χ4n) is 1.77. The lowest BCUT2D eigenvalue weighted by Gasteiger charge is -2.38. The Morgan fingerprint density at radius 3 is 2.44 bits per heavy atom. The molecule has 1 saturated carbocycles. The van der Waals surface area contributed by atoms with E-state index in [1.165, 1.54) is 6.42 Å². The second-order valence-corrected chi connectivity index (χ2v) is 5.59. The van der Waals surface area contributed by atoms with Gasteiger partial charge < -0.3 is 19.5 Å². The van der Waals surface area contributed by atoms with Gasteiger partial charge in [0.1, 0.15) is 5.60 Å². The third kappa shape index (κ3) is 5.23. The van der Waals surface area contributed by atoms with Crippen LogP contribution in [0.15, 0.2) is 0 Å². The SMILES string of the molecule is CC(C)(C)OC(=O)N(CCOCCO)C1CCC1. The number of hydrogen-bond donors (Lipinski definition) is 1. The average Bonchev–Trinajstić information content (AvgIpc) is 2.17. The predicted molar refractivity (Wildman–Crippen MR) is 68.5 cm³/mol. The van der Waals surface area contributed by atoms with E-state index in [2.05, 4.69) is 0 Å². The van der Waals surface area contributed by atoms with Crippen molar-refractivity contribution < 1.29 is 19.4 Å². The van der Waals surface area contributed by atoms with Crippen LogP contribution in [-0.4, -0.2) is 54.1 Å². The Hall–Kier alpha value is -0.810. The Bertz CT molecular complexity index is 258. The number of ether oxygens (including phenoxy) is 2. The Kier molecular flexibility index (Phi) is 5.88. The summed E-state index contributed by atoms with van der Waals surface area (Å²) in [5, 5.41) is 8.63. The van der Waals surface area contributed by atoms with Crippen molar-refractivity contribution in [2.75, 3.05) is 26.4 Å². The molecule has 0 spiro atoms. The maximum atomic E-state index is 12.1. The van der Waals surface area contributed by atoms with Gasteiger partial charge in [0.25, 0.3) is 0 Å². The number of hydrogen-bond acceptors (Lipinski definition) is 4. The minimum atomic E-state index is -0.467. The number of carbonyl (C=O) groups excluding carboxylic acids is 1. The van der Waals surface area contributed by atoms with Crippen LogP contribution in [0.1, 0.15) is 40.0 Å². The minimum Gasteiger partial charge on any atom is -0.444 e. The summed E-state index contributed by atoms with van der Waals surface area (Å²) in [7, 11) is 0. The normalized spacial score (nSPS) is 16.2. The summed E-state index contributed by atoms with van der Waals surface area (Å²) in [4.78, 5) is 13.8. The summed E-state index contributed by atoms with van der Waals surface area (Å²) in [6.45, 7) is 6.89. The first-order valence-corrected chi connectivity index (χ1v) is 6.62. The zero-order chi connectivity index (χ0) is 13.6. The summed E-state index contributed by atoms with van der Waals surface area (Å²) in [5.74, 6) is 0. The average molecular weight is 259 g/mol. The van der Waals surface area contributed by atoms with E-state index in [4.69, 9.17) is 14.6 Å². The van der Waals surface area contributed by atoms with Crippen molar-refractivity contribution in [3.8, 4) is 0 Å². The third-order valence-electron chi connectivity index (χ3n) is 2.86. The van der Waals surface area contributed by atoms with Gasteiger partial charge >= 0.3 is 6.09 Å². The molecule has 5 heteroatoms. The summed E-state index contributed by atoms with van der Waals surface area (Å²) in [6, 6.07) is 0.289. The summed E-state index contributed by atoms with van der Waals surface area (Å²) in [5.41, 5.74) is -0.467. The number of aliphatic hydroxyl groups is 1. The second kappa shape index (κ2) is 6.95. The lowest BCUT2D eigenvalue weighted by Crippen LogP contribution is -2.47. The highest BCUT2D eigenvalue weighted by atomic mass is 16.6. The van der Waals surface area contributed by atoms with Gasteiger partial charge in [-0.05, 0) is 40.0 Å². The first-order valence-electron chi connectivity index (χ1n) is 6.62. The van der Waals surface area contributed by atoms with Crippen LogP contribution >= 0.6 is 0 Å². The zero-order valence-corrected chi connectivity index (χ0v) is 11.6. The summed E-state index contributed by atoms with van der Waals surface area (Å²) < 4.78 is 10.6. The number of amides is 1. The van der Waals surface area contributed by atoms with Gasteiger partial charge in [0.2, 0.25) is 0 Å². The lowest BCUT2D eigenvalue weighted by atomic mass is 9.92.